The number of halogens is 2. The number of anilines is 2. The quantitative estimate of drug-likeness (QED) is 0.661. The molecule has 2 aromatic rings. The molecule has 2 fully saturated rings. The molecule has 2 heterocycles. The Morgan fingerprint density at radius 1 is 1.00 bits per heavy atom. The topological polar surface area (TPSA) is 36.0 Å². The summed E-state index contributed by atoms with van der Waals surface area (Å²) in [6.07, 6.45) is -0.125. The summed E-state index contributed by atoms with van der Waals surface area (Å²) in [7, 11) is 2.10. The highest BCUT2D eigenvalue weighted by molar-refractivity contribution is 5.97. The predicted octanol–water partition coefficient (Wildman–Crippen LogP) is 4.27. The van der Waals surface area contributed by atoms with Gasteiger partial charge in [-0.15, -0.1) is 12.4 Å². The SMILES string of the molecule is CN1CCN(c2cc(F)ccc2CC2OCCN(c3ccc(C(C)(C)C)cc3)C2=O)CC1.Cl. The summed E-state index contributed by atoms with van der Waals surface area (Å²) < 4.78 is 20.0. The molecule has 2 aliphatic heterocycles. The van der Waals surface area contributed by atoms with Gasteiger partial charge in [-0.05, 0) is 47.9 Å². The van der Waals surface area contributed by atoms with Gasteiger partial charge in [0.2, 0.25) is 0 Å². The molecule has 1 unspecified atom stereocenters. The summed E-state index contributed by atoms with van der Waals surface area (Å²) in [5.41, 5.74) is 4.04. The van der Waals surface area contributed by atoms with Crippen LogP contribution in [0.3, 0.4) is 0 Å². The molecule has 2 aromatic carbocycles. The van der Waals surface area contributed by atoms with Gasteiger partial charge in [0, 0.05) is 50.5 Å². The van der Waals surface area contributed by atoms with Crippen molar-refractivity contribution in [2.75, 3.05) is 56.2 Å². The van der Waals surface area contributed by atoms with E-state index in [4.69, 9.17) is 4.74 Å². The van der Waals surface area contributed by atoms with Gasteiger partial charge >= 0.3 is 0 Å². The largest absolute Gasteiger partial charge is 0.369 e. The van der Waals surface area contributed by atoms with E-state index < -0.39 is 6.10 Å². The van der Waals surface area contributed by atoms with Crippen molar-refractivity contribution in [1.29, 1.82) is 0 Å². The van der Waals surface area contributed by atoms with Gasteiger partial charge < -0.3 is 19.4 Å². The number of morpholine rings is 1. The molecule has 4 rings (SSSR count). The third kappa shape index (κ3) is 5.86. The lowest BCUT2D eigenvalue weighted by Crippen LogP contribution is -2.49. The van der Waals surface area contributed by atoms with Crippen molar-refractivity contribution < 1.29 is 13.9 Å². The van der Waals surface area contributed by atoms with Crippen LogP contribution < -0.4 is 9.80 Å². The number of hydrogen-bond acceptors (Lipinski definition) is 4. The number of rotatable bonds is 4. The van der Waals surface area contributed by atoms with Crippen LogP contribution in [0, 0.1) is 5.82 Å². The standard InChI is InChI=1S/C26H34FN3O2.ClH/c1-26(2,3)20-6-9-22(10-7-20)30-15-16-32-24(25(30)31)17-19-5-8-21(27)18-23(19)29-13-11-28(4)12-14-29;/h5-10,18,24H,11-17H2,1-4H3;1H. The Morgan fingerprint density at radius 3 is 2.30 bits per heavy atom. The van der Waals surface area contributed by atoms with Crippen molar-refractivity contribution in [2.45, 2.75) is 38.7 Å². The molecule has 0 N–H and O–H groups in total. The molecule has 180 valence electrons. The summed E-state index contributed by atoms with van der Waals surface area (Å²) in [6.45, 7) is 11.1. The molecule has 7 heteroatoms. The average molecular weight is 476 g/mol. The lowest BCUT2D eigenvalue weighted by Gasteiger charge is -2.36. The zero-order chi connectivity index (χ0) is 22.9. The van der Waals surface area contributed by atoms with E-state index in [1.165, 1.54) is 11.6 Å². The second-order valence-corrected chi connectivity index (χ2v) is 9.91. The Labute approximate surface area is 202 Å². The zero-order valence-electron chi connectivity index (χ0n) is 20.0. The van der Waals surface area contributed by atoms with Crippen LogP contribution in [0.15, 0.2) is 42.5 Å². The second-order valence-electron chi connectivity index (χ2n) is 9.91. The minimum absolute atomic E-state index is 0. The summed E-state index contributed by atoms with van der Waals surface area (Å²) in [5, 5.41) is 0. The number of carbonyl (C=O) groups excluding carboxylic acids is 1. The van der Waals surface area contributed by atoms with Crippen molar-refractivity contribution in [3.63, 3.8) is 0 Å². The lowest BCUT2D eigenvalue weighted by molar-refractivity contribution is -0.133. The Balaban J connectivity index is 0.00000306. The second kappa shape index (κ2) is 10.4. The average Bonchev–Trinajstić information content (AvgIpc) is 2.76. The van der Waals surface area contributed by atoms with E-state index in [2.05, 4.69) is 49.8 Å². The molecular formula is C26H35ClFN3O2. The number of piperazine rings is 1. The van der Waals surface area contributed by atoms with E-state index in [1.807, 2.05) is 17.0 Å². The molecule has 0 aliphatic carbocycles. The van der Waals surface area contributed by atoms with Crippen LogP contribution in [0.4, 0.5) is 15.8 Å². The van der Waals surface area contributed by atoms with Gasteiger partial charge in [0.1, 0.15) is 11.9 Å². The number of amides is 1. The fourth-order valence-electron chi connectivity index (χ4n) is 4.44. The molecule has 0 spiro atoms. The summed E-state index contributed by atoms with van der Waals surface area (Å²) in [6, 6.07) is 13.1. The van der Waals surface area contributed by atoms with Crippen LogP contribution >= 0.6 is 12.4 Å². The van der Waals surface area contributed by atoms with Crippen LogP contribution in [-0.4, -0.2) is 63.3 Å². The van der Waals surface area contributed by atoms with Gasteiger partial charge in [0.05, 0.1) is 6.61 Å². The minimum atomic E-state index is -0.567. The predicted molar refractivity (Wildman–Crippen MR) is 134 cm³/mol. The highest BCUT2D eigenvalue weighted by Crippen LogP contribution is 2.29. The lowest BCUT2D eigenvalue weighted by atomic mass is 9.87. The molecule has 0 aromatic heterocycles. The highest BCUT2D eigenvalue weighted by atomic mass is 35.5. The van der Waals surface area contributed by atoms with E-state index in [1.54, 1.807) is 12.1 Å². The van der Waals surface area contributed by atoms with E-state index in [0.717, 1.165) is 43.1 Å². The van der Waals surface area contributed by atoms with Gasteiger partial charge in [-0.2, -0.15) is 0 Å². The number of benzene rings is 2. The Hall–Kier alpha value is -2.15. The normalized spacial score (nSPS) is 20.0. The monoisotopic (exact) mass is 475 g/mol. The maximum absolute atomic E-state index is 14.1. The third-order valence-corrected chi connectivity index (χ3v) is 6.52. The molecule has 1 atom stereocenters. The molecule has 0 bridgehead atoms. The molecule has 0 radical (unpaired) electrons. The van der Waals surface area contributed by atoms with Gasteiger partial charge in [-0.3, -0.25) is 4.79 Å². The Bertz CT molecular complexity index is 953. The number of ether oxygens (including phenoxy) is 1. The van der Waals surface area contributed by atoms with Crippen LogP contribution in [0.5, 0.6) is 0 Å². The number of likely N-dealkylation sites (N-methyl/N-ethyl adjacent to an activating group) is 1. The van der Waals surface area contributed by atoms with Crippen molar-refractivity contribution >= 4 is 29.7 Å². The Kier molecular flexibility index (Phi) is 8.04. The molecule has 33 heavy (non-hydrogen) atoms. The summed E-state index contributed by atoms with van der Waals surface area (Å²) in [5.74, 6) is -0.285. The fraction of sp³-hybridized carbons (Fsp3) is 0.500. The molecular weight excluding hydrogens is 441 g/mol. The first-order valence-electron chi connectivity index (χ1n) is 11.5. The maximum Gasteiger partial charge on any atom is 0.256 e. The van der Waals surface area contributed by atoms with Crippen LogP contribution in [0.25, 0.3) is 0 Å². The van der Waals surface area contributed by atoms with Crippen LogP contribution in [-0.2, 0) is 21.4 Å². The number of carbonyl (C=O) groups is 1. The van der Waals surface area contributed by atoms with Gasteiger partial charge in [-0.1, -0.05) is 39.0 Å². The first-order valence-corrected chi connectivity index (χ1v) is 11.5. The zero-order valence-corrected chi connectivity index (χ0v) is 20.8. The highest BCUT2D eigenvalue weighted by Gasteiger charge is 2.32. The summed E-state index contributed by atoms with van der Waals surface area (Å²) >= 11 is 0. The molecule has 1 amide bonds. The minimum Gasteiger partial charge on any atom is -0.369 e. The summed E-state index contributed by atoms with van der Waals surface area (Å²) in [4.78, 5) is 19.6. The van der Waals surface area contributed by atoms with Crippen LogP contribution in [0.1, 0.15) is 31.9 Å². The van der Waals surface area contributed by atoms with Crippen molar-refractivity contribution in [1.82, 2.24) is 4.90 Å². The maximum atomic E-state index is 14.1. The van der Waals surface area contributed by atoms with E-state index in [9.17, 15) is 9.18 Å². The van der Waals surface area contributed by atoms with Crippen LogP contribution in [0.2, 0.25) is 0 Å². The first-order chi connectivity index (χ1) is 15.2. The van der Waals surface area contributed by atoms with Gasteiger partial charge in [-0.25, -0.2) is 4.39 Å². The van der Waals surface area contributed by atoms with Gasteiger partial charge in [0.25, 0.3) is 5.91 Å². The fourth-order valence-corrected chi connectivity index (χ4v) is 4.44. The van der Waals surface area contributed by atoms with E-state index in [0.29, 0.717) is 19.6 Å². The molecule has 0 saturated carbocycles. The molecule has 5 nitrogen and oxygen atoms in total. The van der Waals surface area contributed by atoms with Gasteiger partial charge in [0.15, 0.2) is 0 Å². The number of nitrogens with zero attached hydrogens (tertiary/aromatic N) is 3. The van der Waals surface area contributed by atoms with E-state index >= 15 is 0 Å². The van der Waals surface area contributed by atoms with Crippen molar-refractivity contribution in [3.05, 3.63) is 59.4 Å². The van der Waals surface area contributed by atoms with E-state index in [-0.39, 0.29) is 29.5 Å². The molecule has 2 saturated heterocycles. The van der Waals surface area contributed by atoms with Crippen molar-refractivity contribution in [3.8, 4) is 0 Å². The first kappa shape index (κ1) is 25.5. The van der Waals surface area contributed by atoms with Crippen molar-refractivity contribution in [2.24, 2.45) is 0 Å². The Morgan fingerprint density at radius 2 is 1.67 bits per heavy atom. The third-order valence-electron chi connectivity index (χ3n) is 6.52. The number of hydrogen-bond donors (Lipinski definition) is 0. The smallest absolute Gasteiger partial charge is 0.256 e. The molecule has 2 aliphatic rings.